The van der Waals surface area contributed by atoms with E-state index in [1.54, 1.807) is 0 Å². The molecule has 2 aliphatic rings. The molecule has 2 aliphatic heterocycles. The second kappa shape index (κ2) is 6.79. The summed E-state index contributed by atoms with van der Waals surface area (Å²) in [5.41, 5.74) is 1.44. The van der Waals surface area contributed by atoms with E-state index < -0.39 is 0 Å². The number of hydrogen-bond acceptors (Lipinski definition) is 3. The van der Waals surface area contributed by atoms with E-state index in [9.17, 15) is 0 Å². The molecule has 1 aromatic rings. The number of hydrogen-bond donors (Lipinski definition) is 1. The van der Waals surface area contributed by atoms with Crippen molar-refractivity contribution in [2.24, 2.45) is 5.92 Å². The largest absolute Gasteiger partial charge is 0.374 e. The summed E-state index contributed by atoms with van der Waals surface area (Å²) in [6, 6.07) is 6.63. The summed E-state index contributed by atoms with van der Waals surface area (Å²) in [6.07, 6.45) is 3.48. The van der Waals surface area contributed by atoms with Gasteiger partial charge in [0.05, 0.1) is 10.6 Å². The Balaban J connectivity index is 1.80. The molecular formula is C16H21BrClNOS. The Morgan fingerprint density at radius 3 is 3.05 bits per heavy atom. The van der Waals surface area contributed by atoms with Gasteiger partial charge in [0.1, 0.15) is 0 Å². The zero-order chi connectivity index (χ0) is 14.9. The quantitative estimate of drug-likeness (QED) is 0.810. The summed E-state index contributed by atoms with van der Waals surface area (Å²) >= 11 is 11.7. The average Bonchev–Trinajstić information content (AvgIpc) is 2.91. The Hall–Kier alpha value is 0.260. The maximum atomic E-state index is 6.15. The van der Waals surface area contributed by atoms with Crippen LogP contribution >= 0.6 is 39.3 Å². The van der Waals surface area contributed by atoms with Gasteiger partial charge in [0.25, 0.3) is 0 Å². The molecule has 0 aromatic heterocycles. The van der Waals surface area contributed by atoms with E-state index in [-0.39, 0.29) is 5.60 Å². The van der Waals surface area contributed by atoms with E-state index in [0.717, 1.165) is 34.7 Å². The number of rotatable bonds is 3. The normalized spacial score (nSPS) is 30.7. The third kappa shape index (κ3) is 3.45. The van der Waals surface area contributed by atoms with Crippen LogP contribution in [-0.4, -0.2) is 30.8 Å². The van der Waals surface area contributed by atoms with Gasteiger partial charge in [-0.15, -0.1) is 0 Å². The van der Waals surface area contributed by atoms with E-state index in [2.05, 4.69) is 40.4 Å². The van der Waals surface area contributed by atoms with Gasteiger partial charge in [0, 0.05) is 22.9 Å². The molecule has 5 heteroatoms. The van der Waals surface area contributed by atoms with Crippen LogP contribution in [0.1, 0.15) is 30.9 Å². The summed E-state index contributed by atoms with van der Waals surface area (Å²) in [4.78, 5) is 0. The van der Waals surface area contributed by atoms with Crippen molar-refractivity contribution in [3.8, 4) is 0 Å². The second-order valence-corrected chi connectivity index (χ2v) is 8.39. The van der Waals surface area contributed by atoms with Crippen molar-refractivity contribution in [3.63, 3.8) is 0 Å². The molecule has 0 saturated carbocycles. The highest BCUT2D eigenvalue weighted by atomic mass is 79.9. The number of benzene rings is 1. The lowest BCUT2D eigenvalue weighted by molar-refractivity contribution is -0.0850. The lowest BCUT2D eigenvalue weighted by Gasteiger charge is -2.41. The number of ether oxygens (including phenoxy) is 1. The third-order valence-corrected chi connectivity index (χ3v) is 7.12. The fraction of sp³-hybridized carbons (Fsp3) is 0.625. The molecule has 3 rings (SSSR count). The number of thioether (sulfide) groups is 1. The topological polar surface area (TPSA) is 21.3 Å². The Bertz CT molecular complexity index is 507. The fourth-order valence-corrected chi connectivity index (χ4v) is 5.49. The van der Waals surface area contributed by atoms with E-state index >= 15 is 0 Å². The molecule has 0 aliphatic carbocycles. The van der Waals surface area contributed by atoms with E-state index in [4.69, 9.17) is 16.3 Å². The molecular weight excluding hydrogens is 370 g/mol. The van der Waals surface area contributed by atoms with E-state index in [1.807, 2.05) is 17.8 Å². The van der Waals surface area contributed by atoms with Crippen molar-refractivity contribution in [3.05, 3.63) is 33.3 Å². The molecule has 1 N–H and O–H groups in total. The first-order valence-electron chi connectivity index (χ1n) is 7.47. The van der Waals surface area contributed by atoms with Crippen molar-refractivity contribution in [1.82, 2.24) is 5.32 Å². The maximum Gasteiger partial charge on any atom is 0.0783 e. The van der Waals surface area contributed by atoms with Gasteiger partial charge >= 0.3 is 0 Å². The molecule has 1 spiro atoms. The Labute approximate surface area is 144 Å². The van der Waals surface area contributed by atoms with Gasteiger partial charge in [-0.05, 0) is 71.6 Å². The summed E-state index contributed by atoms with van der Waals surface area (Å²) in [6.45, 7) is 0.887. The standard InChI is InChI=1S/C16H21BrClNOS/c1-19-15(11-2-3-14(18)13(17)8-11)12-4-6-20-16(9-12)5-7-21-10-16/h2-3,8,12,15,19H,4-7,9-10H2,1H3. The highest BCUT2D eigenvalue weighted by Gasteiger charge is 2.42. The molecule has 1 aromatic carbocycles. The van der Waals surface area contributed by atoms with Crippen LogP contribution < -0.4 is 5.32 Å². The van der Waals surface area contributed by atoms with E-state index in [0.29, 0.717) is 12.0 Å². The predicted molar refractivity (Wildman–Crippen MR) is 94.3 cm³/mol. The molecule has 116 valence electrons. The summed E-state index contributed by atoms with van der Waals surface area (Å²) < 4.78 is 7.12. The van der Waals surface area contributed by atoms with Gasteiger partial charge in [-0.3, -0.25) is 0 Å². The van der Waals surface area contributed by atoms with Gasteiger partial charge < -0.3 is 10.1 Å². The van der Waals surface area contributed by atoms with Gasteiger partial charge in [-0.25, -0.2) is 0 Å². The smallest absolute Gasteiger partial charge is 0.0783 e. The Kier molecular flexibility index (Phi) is 5.22. The monoisotopic (exact) mass is 389 g/mol. The molecule has 2 fully saturated rings. The highest BCUT2D eigenvalue weighted by molar-refractivity contribution is 9.10. The predicted octanol–water partition coefficient (Wildman–Crippen LogP) is 4.67. The minimum absolute atomic E-state index is 0.131. The number of halogens is 2. The van der Waals surface area contributed by atoms with Gasteiger partial charge in [-0.2, -0.15) is 11.8 Å². The van der Waals surface area contributed by atoms with Crippen LogP contribution in [0.25, 0.3) is 0 Å². The molecule has 21 heavy (non-hydrogen) atoms. The minimum Gasteiger partial charge on any atom is -0.374 e. The molecule has 0 radical (unpaired) electrons. The van der Waals surface area contributed by atoms with Crippen molar-refractivity contribution >= 4 is 39.3 Å². The van der Waals surface area contributed by atoms with Crippen molar-refractivity contribution in [2.75, 3.05) is 25.2 Å². The molecule has 0 bridgehead atoms. The molecule has 2 heterocycles. The van der Waals surface area contributed by atoms with Crippen LogP contribution in [0, 0.1) is 5.92 Å². The van der Waals surface area contributed by atoms with Crippen molar-refractivity contribution < 1.29 is 4.74 Å². The summed E-state index contributed by atoms with van der Waals surface area (Å²) in [5, 5.41) is 4.28. The van der Waals surface area contributed by atoms with Crippen LogP contribution in [-0.2, 0) is 4.74 Å². The molecule has 2 saturated heterocycles. The van der Waals surface area contributed by atoms with Crippen LogP contribution in [0.15, 0.2) is 22.7 Å². The van der Waals surface area contributed by atoms with Gasteiger partial charge in [0.15, 0.2) is 0 Å². The van der Waals surface area contributed by atoms with Crippen LogP contribution in [0.3, 0.4) is 0 Å². The second-order valence-electron chi connectivity index (χ2n) is 6.03. The maximum absolute atomic E-state index is 6.15. The van der Waals surface area contributed by atoms with Gasteiger partial charge in [0.2, 0.25) is 0 Å². The number of nitrogens with one attached hydrogen (secondary N) is 1. The molecule has 3 atom stereocenters. The third-order valence-electron chi connectivity index (χ3n) is 4.68. The average molecular weight is 391 g/mol. The zero-order valence-electron chi connectivity index (χ0n) is 12.2. The van der Waals surface area contributed by atoms with Gasteiger partial charge in [-0.1, -0.05) is 17.7 Å². The van der Waals surface area contributed by atoms with Crippen LogP contribution in [0.4, 0.5) is 0 Å². The first-order valence-corrected chi connectivity index (χ1v) is 9.80. The Morgan fingerprint density at radius 2 is 2.38 bits per heavy atom. The Morgan fingerprint density at radius 1 is 1.52 bits per heavy atom. The first kappa shape index (κ1) is 16.1. The van der Waals surface area contributed by atoms with Crippen LogP contribution in [0.2, 0.25) is 5.02 Å². The summed E-state index contributed by atoms with van der Waals surface area (Å²) in [5.74, 6) is 3.02. The highest BCUT2D eigenvalue weighted by Crippen LogP contribution is 2.44. The first-order chi connectivity index (χ1) is 10.1. The molecule has 0 amide bonds. The lowest BCUT2D eigenvalue weighted by atomic mass is 9.79. The zero-order valence-corrected chi connectivity index (χ0v) is 15.4. The van der Waals surface area contributed by atoms with Crippen molar-refractivity contribution in [1.29, 1.82) is 0 Å². The van der Waals surface area contributed by atoms with Crippen LogP contribution in [0.5, 0.6) is 0 Å². The molecule has 2 nitrogen and oxygen atoms in total. The SMILES string of the molecule is CNC(c1ccc(Cl)c(Br)c1)C1CCOC2(CCSC2)C1. The van der Waals surface area contributed by atoms with E-state index in [1.165, 1.54) is 17.7 Å². The lowest BCUT2D eigenvalue weighted by Crippen LogP contribution is -2.43. The van der Waals surface area contributed by atoms with Crippen molar-refractivity contribution in [2.45, 2.75) is 30.9 Å². The molecule has 3 unspecified atom stereocenters. The summed E-state index contributed by atoms with van der Waals surface area (Å²) in [7, 11) is 2.05. The fourth-order valence-electron chi connectivity index (χ4n) is 3.59. The minimum atomic E-state index is 0.131.